The Kier molecular flexibility index (Phi) is 5.67. The van der Waals surface area contributed by atoms with E-state index in [0.29, 0.717) is 40.8 Å². The number of carbonyl (C=O) groups is 3. The number of ether oxygens (including phenoxy) is 1. The SMILES string of the molecule is CC(=O)N1CCc2c(sc(NC(=O)COc3ccc(Cl)cc3)c2C(N)=O)C1. The van der Waals surface area contributed by atoms with E-state index in [9.17, 15) is 14.4 Å². The zero-order valence-corrected chi connectivity index (χ0v) is 16.2. The molecule has 0 unspecified atom stereocenters. The summed E-state index contributed by atoms with van der Waals surface area (Å²) < 4.78 is 5.41. The molecule has 3 rings (SSSR count). The first-order valence-electron chi connectivity index (χ1n) is 8.23. The van der Waals surface area contributed by atoms with E-state index in [-0.39, 0.29) is 12.5 Å². The predicted molar refractivity (Wildman–Crippen MR) is 103 cm³/mol. The number of nitrogens with two attached hydrogens (primary N) is 1. The monoisotopic (exact) mass is 407 g/mol. The van der Waals surface area contributed by atoms with Crippen molar-refractivity contribution in [3.05, 3.63) is 45.3 Å². The van der Waals surface area contributed by atoms with Crippen LogP contribution in [0.2, 0.25) is 5.02 Å². The first-order valence-corrected chi connectivity index (χ1v) is 9.42. The summed E-state index contributed by atoms with van der Waals surface area (Å²) in [4.78, 5) is 38.3. The van der Waals surface area contributed by atoms with Gasteiger partial charge >= 0.3 is 0 Å². The van der Waals surface area contributed by atoms with Gasteiger partial charge in [-0.05, 0) is 36.2 Å². The van der Waals surface area contributed by atoms with Gasteiger partial charge in [-0.1, -0.05) is 11.6 Å². The molecule has 1 aromatic carbocycles. The lowest BCUT2D eigenvalue weighted by Gasteiger charge is -2.25. The van der Waals surface area contributed by atoms with Gasteiger partial charge in [0.1, 0.15) is 10.8 Å². The normalized spacial score (nSPS) is 13.0. The van der Waals surface area contributed by atoms with E-state index in [1.54, 1.807) is 29.2 Å². The number of primary amides is 1. The summed E-state index contributed by atoms with van der Waals surface area (Å²) in [7, 11) is 0. The minimum absolute atomic E-state index is 0.0309. The molecule has 1 aliphatic heterocycles. The molecular formula is C18H18ClN3O4S. The van der Waals surface area contributed by atoms with Crippen molar-refractivity contribution in [3.8, 4) is 5.75 Å². The van der Waals surface area contributed by atoms with Crippen molar-refractivity contribution in [1.82, 2.24) is 4.90 Å². The number of thiophene rings is 1. The number of anilines is 1. The summed E-state index contributed by atoms with van der Waals surface area (Å²) in [5, 5.41) is 3.66. The number of rotatable bonds is 5. The zero-order valence-electron chi connectivity index (χ0n) is 14.6. The van der Waals surface area contributed by atoms with Crippen molar-refractivity contribution in [3.63, 3.8) is 0 Å². The number of carbonyl (C=O) groups excluding carboxylic acids is 3. The van der Waals surface area contributed by atoms with E-state index in [2.05, 4.69) is 5.32 Å². The van der Waals surface area contributed by atoms with E-state index < -0.39 is 11.8 Å². The maximum absolute atomic E-state index is 12.2. The highest BCUT2D eigenvalue weighted by molar-refractivity contribution is 7.17. The molecule has 1 aromatic heterocycles. The highest BCUT2D eigenvalue weighted by Crippen LogP contribution is 2.37. The highest BCUT2D eigenvalue weighted by Gasteiger charge is 2.28. The first kappa shape index (κ1) is 19.2. The van der Waals surface area contributed by atoms with Gasteiger partial charge in [0.15, 0.2) is 6.61 Å². The minimum atomic E-state index is -0.599. The van der Waals surface area contributed by atoms with Crippen LogP contribution in [0.5, 0.6) is 5.75 Å². The van der Waals surface area contributed by atoms with Gasteiger partial charge in [-0.3, -0.25) is 14.4 Å². The van der Waals surface area contributed by atoms with Crippen LogP contribution < -0.4 is 15.8 Å². The standard InChI is InChI=1S/C18H18ClN3O4S/c1-10(23)22-7-6-13-14(8-22)27-18(16(13)17(20)25)21-15(24)9-26-12-4-2-11(19)3-5-12/h2-5H,6-9H2,1H3,(H2,20,25)(H,21,24). The van der Waals surface area contributed by atoms with E-state index in [1.807, 2.05) is 0 Å². The third-order valence-corrected chi connectivity index (χ3v) is 5.57. The molecule has 1 aliphatic rings. The zero-order chi connectivity index (χ0) is 19.6. The van der Waals surface area contributed by atoms with Crippen molar-refractivity contribution in [1.29, 1.82) is 0 Å². The topological polar surface area (TPSA) is 102 Å². The lowest BCUT2D eigenvalue weighted by molar-refractivity contribution is -0.129. The van der Waals surface area contributed by atoms with Crippen molar-refractivity contribution in [2.24, 2.45) is 5.73 Å². The lowest BCUT2D eigenvalue weighted by Crippen LogP contribution is -2.34. The van der Waals surface area contributed by atoms with Crippen LogP contribution in [0.25, 0.3) is 0 Å². The maximum Gasteiger partial charge on any atom is 0.262 e. The number of nitrogens with one attached hydrogen (secondary N) is 1. The van der Waals surface area contributed by atoms with Gasteiger partial charge in [0.25, 0.3) is 11.8 Å². The van der Waals surface area contributed by atoms with Gasteiger partial charge in [0.2, 0.25) is 5.91 Å². The van der Waals surface area contributed by atoms with Crippen LogP contribution in [0.3, 0.4) is 0 Å². The van der Waals surface area contributed by atoms with Gasteiger partial charge in [-0.25, -0.2) is 0 Å². The van der Waals surface area contributed by atoms with Crippen LogP contribution in [-0.4, -0.2) is 35.8 Å². The maximum atomic E-state index is 12.2. The molecule has 2 aromatic rings. The summed E-state index contributed by atoms with van der Waals surface area (Å²) in [5.74, 6) is -0.531. The highest BCUT2D eigenvalue weighted by atomic mass is 35.5. The molecule has 0 radical (unpaired) electrons. The second-order valence-corrected chi connectivity index (χ2v) is 7.60. The second kappa shape index (κ2) is 7.98. The number of hydrogen-bond donors (Lipinski definition) is 2. The molecule has 0 spiro atoms. The van der Waals surface area contributed by atoms with Gasteiger partial charge in [0, 0.05) is 23.4 Å². The summed E-state index contributed by atoms with van der Waals surface area (Å²) in [6, 6.07) is 6.64. The molecule has 0 saturated carbocycles. The average Bonchev–Trinajstić information content (AvgIpc) is 2.98. The molecule has 9 heteroatoms. The molecule has 0 bridgehead atoms. The average molecular weight is 408 g/mol. The molecule has 3 amide bonds. The molecule has 0 saturated heterocycles. The fourth-order valence-electron chi connectivity index (χ4n) is 2.86. The fraction of sp³-hybridized carbons (Fsp3) is 0.278. The van der Waals surface area contributed by atoms with Crippen LogP contribution in [0.1, 0.15) is 27.7 Å². The second-order valence-electron chi connectivity index (χ2n) is 6.05. The van der Waals surface area contributed by atoms with E-state index in [0.717, 1.165) is 10.4 Å². The van der Waals surface area contributed by atoms with Crippen molar-refractivity contribution in [2.75, 3.05) is 18.5 Å². The molecule has 0 aliphatic carbocycles. The Labute approximate surface area is 165 Å². The minimum Gasteiger partial charge on any atom is -0.484 e. The molecule has 0 fully saturated rings. The first-order chi connectivity index (χ1) is 12.8. The van der Waals surface area contributed by atoms with Crippen LogP contribution >= 0.6 is 22.9 Å². The van der Waals surface area contributed by atoms with Crippen molar-refractivity contribution < 1.29 is 19.1 Å². The Morgan fingerprint density at radius 3 is 2.63 bits per heavy atom. The Bertz CT molecular complexity index is 895. The molecule has 142 valence electrons. The van der Waals surface area contributed by atoms with Crippen LogP contribution in [-0.2, 0) is 22.6 Å². The van der Waals surface area contributed by atoms with E-state index >= 15 is 0 Å². The fourth-order valence-corrected chi connectivity index (χ4v) is 4.27. The van der Waals surface area contributed by atoms with Crippen LogP contribution in [0, 0.1) is 0 Å². The number of halogens is 1. The summed E-state index contributed by atoms with van der Waals surface area (Å²) in [5.41, 5.74) is 6.65. The Morgan fingerprint density at radius 1 is 1.30 bits per heavy atom. The summed E-state index contributed by atoms with van der Waals surface area (Å²) in [6.07, 6.45) is 0.529. The smallest absolute Gasteiger partial charge is 0.262 e. The van der Waals surface area contributed by atoms with Crippen molar-refractivity contribution in [2.45, 2.75) is 19.9 Å². The molecule has 27 heavy (non-hydrogen) atoms. The quantitative estimate of drug-likeness (QED) is 0.794. The van der Waals surface area contributed by atoms with Gasteiger partial charge in [-0.2, -0.15) is 0 Å². The largest absolute Gasteiger partial charge is 0.484 e. The third kappa shape index (κ3) is 4.40. The summed E-state index contributed by atoms with van der Waals surface area (Å²) in [6.45, 7) is 2.21. The summed E-state index contributed by atoms with van der Waals surface area (Å²) >= 11 is 7.07. The van der Waals surface area contributed by atoms with Crippen LogP contribution in [0.4, 0.5) is 5.00 Å². The van der Waals surface area contributed by atoms with Gasteiger partial charge in [-0.15, -0.1) is 11.3 Å². The number of benzene rings is 1. The Hall–Kier alpha value is -2.58. The molecule has 3 N–H and O–H groups in total. The van der Waals surface area contributed by atoms with Crippen molar-refractivity contribution >= 4 is 45.7 Å². The molecule has 0 atom stereocenters. The number of fused-ring (bicyclic) bond motifs is 1. The van der Waals surface area contributed by atoms with Gasteiger partial charge < -0.3 is 20.7 Å². The Morgan fingerprint density at radius 2 is 2.00 bits per heavy atom. The lowest BCUT2D eigenvalue weighted by atomic mass is 10.0. The number of amides is 3. The third-order valence-electron chi connectivity index (χ3n) is 4.19. The number of nitrogens with zero attached hydrogens (tertiary/aromatic N) is 1. The predicted octanol–water partition coefficient (Wildman–Crippen LogP) is 2.42. The molecule has 7 nitrogen and oxygen atoms in total. The van der Waals surface area contributed by atoms with Crippen LogP contribution in [0.15, 0.2) is 24.3 Å². The van der Waals surface area contributed by atoms with Gasteiger partial charge in [0.05, 0.1) is 12.1 Å². The molecular weight excluding hydrogens is 390 g/mol. The number of hydrogen-bond acceptors (Lipinski definition) is 5. The van der Waals surface area contributed by atoms with E-state index in [1.165, 1.54) is 18.3 Å². The molecule has 2 heterocycles. The Balaban J connectivity index is 1.72. The van der Waals surface area contributed by atoms with E-state index in [4.69, 9.17) is 22.1 Å².